The molecule has 0 aliphatic carbocycles. The normalized spacial score (nSPS) is 12.2. The van der Waals surface area contributed by atoms with E-state index in [4.69, 9.17) is 0 Å². The lowest BCUT2D eigenvalue weighted by Crippen LogP contribution is -2.39. The van der Waals surface area contributed by atoms with Gasteiger partial charge in [-0.1, -0.05) is 26.0 Å². The third-order valence-corrected chi connectivity index (χ3v) is 2.83. The van der Waals surface area contributed by atoms with Crippen molar-refractivity contribution in [1.82, 2.24) is 5.32 Å². The van der Waals surface area contributed by atoms with Crippen LogP contribution in [0.5, 0.6) is 0 Å². The number of carbonyl (C=O) groups excluding carboxylic acids is 1. The number of benzene rings is 1. The maximum Gasteiger partial charge on any atom is 0.269 e. The molecule has 0 saturated carbocycles. The van der Waals surface area contributed by atoms with Crippen molar-refractivity contribution in [3.05, 3.63) is 39.9 Å². The van der Waals surface area contributed by atoms with Crippen LogP contribution in [0, 0.1) is 16.0 Å². The Morgan fingerprint density at radius 2 is 2.15 bits per heavy atom. The van der Waals surface area contributed by atoms with Gasteiger partial charge in [0.1, 0.15) is 0 Å². The minimum atomic E-state index is -0.489. The van der Waals surface area contributed by atoms with Crippen LogP contribution in [0.2, 0.25) is 0 Å². The smallest absolute Gasteiger partial charge is 0.269 e. The molecule has 0 aliphatic rings. The Labute approximate surface area is 118 Å². The maximum absolute atomic E-state index is 11.9. The summed E-state index contributed by atoms with van der Waals surface area (Å²) in [5.41, 5.74) is 0.550. The van der Waals surface area contributed by atoms with E-state index in [9.17, 15) is 20.0 Å². The number of nitrogens with one attached hydrogen (secondary N) is 1. The molecule has 1 unspecified atom stereocenters. The Kier molecular flexibility index (Phi) is 6.11. The van der Waals surface area contributed by atoms with Crippen molar-refractivity contribution in [2.75, 3.05) is 6.61 Å². The van der Waals surface area contributed by atoms with Gasteiger partial charge in [0.15, 0.2) is 0 Å². The molecule has 0 aliphatic heterocycles. The molecular weight excluding hydrogens is 260 g/mol. The minimum absolute atomic E-state index is 0.0313. The molecule has 1 atom stereocenters. The second-order valence-electron chi connectivity index (χ2n) is 5.18. The Bertz CT molecular complexity index is 474. The molecule has 0 bridgehead atoms. The fraction of sp³-hybridized carbons (Fsp3) is 0.500. The number of amides is 1. The Morgan fingerprint density at radius 1 is 1.45 bits per heavy atom. The van der Waals surface area contributed by atoms with E-state index in [2.05, 4.69) is 5.32 Å². The van der Waals surface area contributed by atoms with Crippen molar-refractivity contribution < 1.29 is 14.8 Å². The van der Waals surface area contributed by atoms with Crippen molar-refractivity contribution in [3.8, 4) is 0 Å². The molecule has 1 rings (SSSR count). The van der Waals surface area contributed by atoms with E-state index in [1.54, 1.807) is 12.1 Å². The standard InChI is InChI=1S/C14H20N2O4/c1-10(2)6-12(9-17)15-14(18)8-11-4-3-5-13(7-11)16(19)20/h3-5,7,10,12,17H,6,8-9H2,1-2H3,(H,15,18). The van der Waals surface area contributed by atoms with Gasteiger partial charge in [-0.05, 0) is 17.9 Å². The Balaban J connectivity index is 2.61. The third-order valence-electron chi connectivity index (χ3n) is 2.83. The quantitative estimate of drug-likeness (QED) is 0.587. The van der Waals surface area contributed by atoms with Gasteiger partial charge in [-0.15, -0.1) is 0 Å². The highest BCUT2D eigenvalue weighted by atomic mass is 16.6. The van der Waals surface area contributed by atoms with E-state index in [1.165, 1.54) is 12.1 Å². The molecule has 0 spiro atoms. The average Bonchev–Trinajstić information content (AvgIpc) is 2.37. The maximum atomic E-state index is 11.9. The van der Waals surface area contributed by atoms with Gasteiger partial charge in [-0.3, -0.25) is 14.9 Å². The molecule has 0 aromatic heterocycles. The summed E-state index contributed by atoms with van der Waals surface area (Å²) in [5, 5.41) is 22.6. The van der Waals surface area contributed by atoms with Crippen LogP contribution in [0.3, 0.4) is 0 Å². The van der Waals surface area contributed by atoms with Crippen LogP contribution in [0.25, 0.3) is 0 Å². The lowest BCUT2D eigenvalue weighted by atomic mass is 10.0. The van der Waals surface area contributed by atoms with E-state index < -0.39 is 4.92 Å². The monoisotopic (exact) mass is 280 g/mol. The van der Waals surface area contributed by atoms with E-state index in [0.717, 1.165) is 0 Å². The number of nitrogens with zero attached hydrogens (tertiary/aromatic N) is 1. The first-order valence-electron chi connectivity index (χ1n) is 6.56. The van der Waals surface area contributed by atoms with E-state index >= 15 is 0 Å². The average molecular weight is 280 g/mol. The molecule has 20 heavy (non-hydrogen) atoms. The zero-order chi connectivity index (χ0) is 15.1. The van der Waals surface area contributed by atoms with Crippen LogP contribution in [0.15, 0.2) is 24.3 Å². The SMILES string of the molecule is CC(C)CC(CO)NC(=O)Cc1cccc([N+](=O)[O-])c1. The van der Waals surface area contributed by atoms with Gasteiger partial charge in [0.25, 0.3) is 5.69 Å². The van der Waals surface area contributed by atoms with Crippen molar-refractivity contribution in [2.24, 2.45) is 5.92 Å². The number of aliphatic hydroxyl groups is 1. The summed E-state index contributed by atoms with van der Waals surface area (Å²) in [4.78, 5) is 22.0. The first-order valence-corrected chi connectivity index (χ1v) is 6.56. The fourth-order valence-corrected chi connectivity index (χ4v) is 1.99. The Morgan fingerprint density at radius 3 is 2.70 bits per heavy atom. The summed E-state index contributed by atoms with van der Waals surface area (Å²) < 4.78 is 0. The number of nitro groups is 1. The third kappa shape index (κ3) is 5.36. The summed E-state index contributed by atoms with van der Waals surface area (Å²) in [6.45, 7) is 3.91. The Hall–Kier alpha value is -1.95. The topological polar surface area (TPSA) is 92.5 Å². The predicted molar refractivity (Wildman–Crippen MR) is 75.3 cm³/mol. The second-order valence-corrected chi connectivity index (χ2v) is 5.18. The summed E-state index contributed by atoms with van der Waals surface area (Å²) in [7, 11) is 0. The van der Waals surface area contributed by atoms with Gasteiger partial charge in [-0.2, -0.15) is 0 Å². The van der Waals surface area contributed by atoms with Gasteiger partial charge in [0.2, 0.25) is 5.91 Å². The highest BCUT2D eigenvalue weighted by Crippen LogP contribution is 2.13. The molecule has 1 aromatic carbocycles. The van der Waals surface area contributed by atoms with Crippen LogP contribution in [0.1, 0.15) is 25.8 Å². The van der Waals surface area contributed by atoms with Crippen molar-refractivity contribution in [1.29, 1.82) is 0 Å². The van der Waals surface area contributed by atoms with Gasteiger partial charge in [0.05, 0.1) is 24.0 Å². The predicted octanol–water partition coefficient (Wildman–Crippen LogP) is 1.66. The second kappa shape index (κ2) is 7.59. The molecule has 6 nitrogen and oxygen atoms in total. The van der Waals surface area contributed by atoms with Crippen molar-refractivity contribution in [3.63, 3.8) is 0 Å². The molecule has 110 valence electrons. The first-order chi connectivity index (χ1) is 9.42. The minimum Gasteiger partial charge on any atom is -0.394 e. The van der Waals surface area contributed by atoms with E-state index in [-0.39, 0.29) is 30.7 Å². The molecule has 0 heterocycles. The van der Waals surface area contributed by atoms with Crippen LogP contribution >= 0.6 is 0 Å². The molecule has 1 amide bonds. The van der Waals surface area contributed by atoms with E-state index in [1.807, 2.05) is 13.8 Å². The molecular formula is C14H20N2O4. The fourth-order valence-electron chi connectivity index (χ4n) is 1.99. The number of hydrogen-bond acceptors (Lipinski definition) is 4. The first kappa shape index (κ1) is 16.1. The molecule has 0 fully saturated rings. The lowest BCUT2D eigenvalue weighted by Gasteiger charge is -2.18. The molecule has 6 heteroatoms. The molecule has 1 aromatic rings. The van der Waals surface area contributed by atoms with Gasteiger partial charge < -0.3 is 10.4 Å². The number of hydrogen-bond donors (Lipinski definition) is 2. The van der Waals surface area contributed by atoms with Gasteiger partial charge >= 0.3 is 0 Å². The highest BCUT2D eigenvalue weighted by molar-refractivity contribution is 5.79. The van der Waals surface area contributed by atoms with Crippen LogP contribution in [-0.4, -0.2) is 28.6 Å². The number of nitro benzene ring substituents is 1. The van der Waals surface area contributed by atoms with E-state index in [0.29, 0.717) is 17.9 Å². The highest BCUT2D eigenvalue weighted by Gasteiger charge is 2.14. The zero-order valence-electron chi connectivity index (χ0n) is 11.7. The molecule has 2 N–H and O–H groups in total. The van der Waals surface area contributed by atoms with Gasteiger partial charge in [-0.25, -0.2) is 0 Å². The summed E-state index contributed by atoms with van der Waals surface area (Å²) >= 11 is 0. The number of non-ortho nitro benzene ring substituents is 1. The molecule has 0 saturated heterocycles. The number of aliphatic hydroxyl groups excluding tert-OH is 1. The molecule has 0 radical (unpaired) electrons. The van der Waals surface area contributed by atoms with Crippen LogP contribution in [0.4, 0.5) is 5.69 Å². The number of carbonyl (C=O) groups is 1. The van der Waals surface area contributed by atoms with Gasteiger partial charge in [0, 0.05) is 12.1 Å². The summed E-state index contributed by atoms with van der Waals surface area (Å²) in [6.07, 6.45) is 0.757. The van der Waals surface area contributed by atoms with Crippen LogP contribution in [-0.2, 0) is 11.2 Å². The largest absolute Gasteiger partial charge is 0.394 e. The zero-order valence-corrected chi connectivity index (χ0v) is 11.7. The number of rotatable bonds is 7. The summed E-state index contributed by atoms with van der Waals surface area (Å²) in [5.74, 6) is 0.121. The summed E-state index contributed by atoms with van der Waals surface area (Å²) in [6, 6.07) is 5.72. The van der Waals surface area contributed by atoms with Crippen molar-refractivity contribution in [2.45, 2.75) is 32.7 Å². The van der Waals surface area contributed by atoms with Crippen LogP contribution < -0.4 is 5.32 Å². The lowest BCUT2D eigenvalue weighted by molar-refractivity contribution is -0.384. The van der Waals surface area contributed by atoms with Crippen molar-refractivity contribution >= 4 is 11.6 Å².